The van der Waals surface area contributed by atoms with Crippen molar-refractivity contribution in [3.63, 3.8) is 0 Å². The summed E-state index contributed by atoms with van der Waals surface area (Å²) in [5, 5.41) is 9.52. The molecule has 0 bridgehead atoms. The number of rotatable bonds is 7. The van der Waals surface area contributed by atoms with Gasteiger partial charge in [0.1, 0.15) is 0 Å². The fourth-order valence-corrected chi connectivity index (χ4v) is 3.19. The molecule has 0 aliphatic heterocycles. The van der Waals surface area contributed by atoms with E-state index in [9.17, 15) is 5.11 Å². The third kappa shape index (κ3) is 4.06. The molecule has 4 unspecified atom stereocenters. The average Bonchev–Trinajstić information content (AvgIpc) is 2.61. The largest absolute Gasteiger partial charge is 0.393 e. The van der Waals surface area contributed by atoms with Crippen LogP contribution in [0.15, 0.2) is 0 Å². The molecular weight excluding hydrogens is 200 g/mol. The SMILES string of the molecule is CCCCCC1C(CC(C)O)CCC1OC. The molecule has 1 aliphatic rings. The molecule has 1 saturated carbocycles. The summed E-state index contributed by atoms with van der Waals surface area (Å²) in [6, 6.07) is 0. The van der Waals surface area contributed by atoms with Crippen molar-refractivity contribution in [3.05, 3.63) is 0 Å². The molecule has 0 aromatic rings. The molecule has 96 valence electrons. The van der Waals surface area contributed by atoms with Crippen LogP contribution >= 0.6 is 0 Å². The first-order chi connectivity index (χ1) is 7.69. The second-order valence-corrected chi connectivity index (χ2v) is 5.36. The van der Waals surface area contributed by atoms with Crippen LogP contribution in [0.3, 0.4) is 0 Å². The van der Waals surface area contributed by atoms with Gasteiger partial charge in [0.05, 0.1) is 12.2 Å². The maximum Gasteiger partial charge on any atom is 0.0602 e. The van der Waals surface area contributed by atoms with Gasteiger partial charge in [-0.2, -0.15) is 0 Å². The molecule has 2 nitrogen and oxygen atoms in total. The highest BCUT2D eigenvalue weighted by molar-refractivity contribution is 4.86. The van der Waals surface area contributed by atoms with E-state index >= 15 is 0 Å². The lowest BCUT2D eigenvalue weighted by atomic mass is 9.86. The molecule has 1 fully saturated rings. The van der Waals surface area contributed by atoms with E-state index in [2.05, 4.69) is 6.92 Å². The van der Waals surface area contributed by atoms with Crippen molar-refractivity contribution in [2.75, 3.05) is 7.11 Å². The standard InChI is InChI=1S/C14H28O2/c1-4-5-6-7-13-12(10-11(2)15)8-9-14(13)16-3/h11-15H,4-10H2,1-3H3. The van der Waals surface area contributed by atoms with Crippen molar-refractivity contribution in [2.24, 2.45) is 11.8 Å². The van der Waals surface area contributed by atoms with Crippen molar-refractivity contribution in [2.45, 2.75) is 71.0 Å². The lowest BCUT2D eigenvalue weighted by Gasteiger charge is -2.25. The number of hydrogen-bond acceptors (Lipinski definition) is 2. The highest BCUT2D eigenvalue weighted by Crippen LogP contribution is 2.39. The van der Waals surface area contributed by atoms with Crippen molar-refractivity contribution in [1.82, 2.24) is 0 Å². The number of aliphatic hydroxyl groups is 1. The quantitative estimate of drug-likeness (QED) is 0.677. The van der Waals surface area contributed by atoms with Gasteiger partial charge < -0.3 is 9.84 Å². The van der Waals surface area contributed by atoms with Crippen molar-refractivity contribution in [3.8, 4) is 0 Å². The molecule has 16 heavy (non-hydrogen) atoms. The summed E-state index contributed by atoms with van der Waals surface area (Å²) < 4.78 is 5.58. The maximum atomic E-state index is 9.52. The third-order valence-corrected chi connectivity index (χ3v) is 3.99. The zero-order valence-electron chi connectivity index (χ0n) is 11.1. The van der Waals surface area contributed by atoms with E-state index in [4.69, 9.17) is 4.74 Å². The first-order valence-corrected chi connectivity index (χ1v) is 6.89. The second-order valence-electron chi connectivity index (χ2n) is 5.36. The molecule has 1 aliphatic carbocycles. The molecule has 4 atom stereocenters. The fourth-order valence-electron chi connectivity index (χ4n) is 3.19. The molecule has 0 aromatic carbocycles. The highest BCUT2D eigenvalue weighted by atomic mass is 16.5. The summed E-state index contributed by atoms with van der Waals surface area (Å²) >= 11 is 0. The Hall–Kier alpha value is -0.0800. The molecule has 1 N–H and O–H groups in total. The van der Waals surface area contributed by atoms with Gasteiger partial charge in [-0.05, 0) is 44.4 Å². The Morgan fingerprint density at radius 1 is 1.31 bits per heavy atom. The number of aliphatic hydroxyl groups excluding tert-OH is 1. The molecule has 0 amide bonds. The minimum absolute atomic E-state index is 0.158. The van der Waals surface area contributed by atoms with Crippen molar-refractivity contribution < 1.29 is 9.84 Å². The van der Waals surface area contributed by atoms with E-state index in [1.54, 1.807) is 0 Å². The normalized spacial score (nSPS) is 31.9. The van der Waals surface area contributed by atoms with Crippen molar-refractivity contribution in [1.29, 1.82) is 0 Å². The Kier molecular flexibility index (Phi) is 6.37. The predicted molar refractivity (Wildman–Crippen MR) is 67.5 cm³/mol. The van der Waals surface area contributed by atoms with Gasteiger partial charge in [-0.15, -0.1) is 0 Å². The molecular formula is C14H28O2. The van der Waals surface area contributed by atoms with Gasteiger partial charge in [0, 0.05) is 7.11 Å². The van der Waals surface area contributed by atoms with E-state index in [0.29, 0.717) is 17.9 Å². The lowest BCUT2D eigenvalue weighted by Crippen LogP contribution is -2.23. The molecule has 1 rings (SSSR count). The summed E-state index contributed by atoms with van der Waals surface area (Å²) in [6.07, 6.45) is 8.87. The smallest absolute Gasteiger partial charge is 0.0602 e. The fraction of sp³-hybridized carbons (Fsp3) is 1.00. The maximum absolute atomic E-state index is 9.52. The molecule has 0 spiro atoms. The van der Waals surface area contributed by atoms with Crippen LogP contribution in [-0.4, -0.2) is 24.4 Å². The average molecular weight is 228 g/mol. The lowest BCUT2D eigenvalue weighted by molar-refractivity contribution is 0.0476. The van der Waals surface area contributed by atoms with Crippen LogP contribution in [0.4, 0.5) is 0 Å². The zero-order chi connectivity index (χ0) is 12.0. The van der Waals surface area contributed by atoms with E-state index in [1.165, 1.54) is 38.5 Å². The number of methoxy groups -OCH3 is 1. The summed E-state index contributed by atoms with van der Waals surface area (Å²) in [5.41, 5.74) is 0. The van der Waals surface area contributed by atoms with Gasteiger partial charge in [-0.25, -0.2) is 0 Å². The first-order valence-electron chi connectivity index (χ1n) is 6.89. The molecule has 0 radical (unpaired) electrons. The number of ether oxygens (including phenoxy) is 1. The molecule has 2 heteroatoms. The minimum atomic E-state index is -0.158. The van der Waals surface area contributed by atoms with Crippen LogP contribution in [0.5, 0.6) is 0 Å². The summed E-state index contributed by atoms with van der Waals surface area (Å²) in [6.45, 7) is 4.15. The number of hydrogen-bond donors (Lipinski definition) is 1. The molecule has 0 aromatic heterocycles. The summed E-state index contributed by atoms with van der Waals surface area (Å²) in [4.78, 5) is 0. The van der Waals surface area contributed by atoms with Crippen LogP contribution in [0.1, 0.15) is 58.8 Å². The van der Waals surface area contributed by atoms with Crippen molar-refractivity contribution >= 4 is 0 Å². The number of unbranched alkanes of at least 4 members (excludes halogenated alkanes) is 2. The Balaban J connectivity index is 2.42. The Labute approximate surface area is 100 Å². The van der Waals surface area contributed by atoms with E-state index < -0.39 is 0 Å². The Bertz CT molecular complexity index is 180. The van der Waals surface area contributed by atoms with Gasteiger partial charge in [0.2, 0.25) is 0 Å². The van der Waals surface area contributed by atoms with Gasteiger partial charge >= 0.3 is 0 Å². The van der Waals surface area contributed by atoms with Gasteiger partial charge in [0.25, 0.3) is 0 Å². The van der Waals surface area contributed by atoms with Crippen LogP contribution in [0.25, 0.3) is 0 Å². The van der Waals surface area contributed by atoms with E-state index in [0.717, 1.165) is 6.42 Å². The minimum Gasteiger partial charge on any atom is -0.393 e. The Morgan fingerprint density at radius 3 is 2.62 bits per heavy atom. The first kappa shape index (κ1) is 14.0. The zero-order valence-corrected chi connectivity index (χ0v) is 11.1. The van der Waals surface area contributed by atoms with Crippen LogP contribution < -0.4 is 0 Å². The molecule has 0 heterocycles. The van der Waals surface area contributed by atoms with Crippen LogP contribution in [-0.2, 0) is 4.74 Å². The van der Waals surface area contributed by atoms with Gasteiger partial charge in [-0.3, -0.25) is 0 Å². The van der Waals surface area contributed by atoms with E-state index in [-0.39, 0.29) is 6.10 Å². The monoisotopic (exact) mass is 228 g/mol. The Morgan fingerprint density at radius 2 is 2.06 bits per heavy atom. The van der Waals surface area contributed by atoms with Crippen LogP contribution in [0.2, 0.25) is 0 Å². The topological polar surface area (TPSA) is 29.5 Å². The summed E-state index contributed by atoms with van der Waals surface area (Å²) in [5.74, 6) is 1.37. The molecule has 0 saturated heterocycles. The van der Waals surface area contributed by atoms with Crippen LogP contribution in [0, 0.1) is 11.8 Å². The second kappa shape index (κ2) is 7.29. The highest BCUT2D eigenvalue weighted by Gasteiger charge is 2.35. The van der Waals surface area contributed by atoms with E-state index in [1.807, 2.05) is 14.0 Å². The van der Waals surface area contributed by atoms with Gasteiger partial charge in [-0.1, -0.05) is 26.2 Å². The predicted octanol–water partition coefficient (Wildman–Crippen LogP) is 3.38. The summed E-state index contributed by atoms with van der Waals surface area (Å²) in [7, 11) is 1.84. The third-order valence-electron chi connectivity index (χ3n) is 3.99. The van der Waals surface area contributed by atoms with Gasteiger partial charge in [0.15, 0.2) is 0 Å².